The van der Waals surface area contributed by atoms with Crippen LogP contribution in [0.2, 0.25) is 0 Å². The van der Waals surface area contributed by atoms with Crippen molar-refractivity contribution in [3.05, 3.63) is 107 Å². The highest BCUT2D eigenvalue weighted by Crippen LogP contribution is 2.29. The van der Waals surface area contributed by atoms with Crippen LogP contribution in [0.1, 0.15) is 22.5 Å². The second-order valence-corrected chi connectivity index (χ2v) is 8.85. The Morgan fingerprint density at radius 1 is 0.846 bits per heavy atom. The van der Waals surface area contributed by atoms with Gasteiger partial charge in [0.05, 0.1) is 17.1 Å². The van der Waals surface area contributed by atoms with E-state index in [1.807, 2.05) is 35.8 Å². The summed E-state index contributed by atoms with van der Waals surface area (Å²) in [6, 6.07) is 19.9. The highest BCUT2D eigenvalue weighted by molar-refractivity contribution is 5.64. The third kappa shape index (κ3) is 6.10. The van der Waals surface area contributed by atoms with E-state index in [2.05, 4.69) is 9.82 Å². The van der Waals surface area contributed by atoms with Gasteiger partial charge in [0, 0.05) is 24.6 Å². The minimum absolute atomic E-state index is 0.0566. The summed E-state index contributed by atoms with van der Waals surface area (Å²) in [5, 5.41) is 20.8. The molecular weight excluding hydrogens is 516 g/mol. The van der Waals surface area contributed by atoms with E-state index in [1.165, 1.54) is 28.7 Å². The lowest BCUT2D eigenvalue weighted by Gasteiger charge is -2.11. The van der Waals surface area contributed by atoms with Gasteiger partial charge >= 0.3 is 6.18 Å². The molecule has 0 radical (unpaired) electrons. The summed E-state index contributed by atoms with van der Waals surface area (Å²) in [5.41, 5.74) is 5.71. The summed E-state index contributed by atoms with van der Waals surface area (Å²) in [6.45, 7) is -1.59. The highest BCUT2D eigenvalue weighted by atomic mass is 19.4. The molecule has 0 saturated carbocycles. The lowest BCUT2D eigenvalue weighted by molar-refractivity contribution is -0.167. The molecule has 0 aliphatic rings. The van der Waals surface area contributed by atoms with Crippen LogP contribution >= 0.6 is 0 Å². The van der Waals surface area contributed by atoms with Gasteiger partial charge in [0.15, 0.2) is 12.3 Å². The van der Waals surface area contributed by atoms with Crippen LogP contribution in [0.3, 0.4) is 0 Å². The Bertz CT molecular complexity index is 1600. The van der Waals surface area contributed by atoms with Crippen molar-refractivity contribution >= 4 is 11.3 Å². The Labute approximate surface area is 219 Å². The van der Waals surface area contributed by atoms with Crippen molar-refractivity contribution in [2.24, 2.45) is 0 Å². The van der Waals surface area contributed by atoms with Gasteiger partial charge in [-0.15, -0.1) is 0 Å². The third-order valence-electron chi connectivity index (χ3n) is 5.92. The molecule has 200 valence electrons. The summed E-state index contributed by atoms with van der Waals surface area (Å²) in [6.07, 6.45) is -2.47. The molecule has 0 bridgehead atoms. The molecule has 0 atom stereocenters. The highest BCUT2D eigenvalue weighted by Gasteiger charge is 2.28. The molecule has 2 aromatic heterocycles. The zero-order valence-electron chi connectivity index (χ0n) is 20.3. The van der Waals surface area contributed by atoms with E-state index in [-0.39, 0.29) is 29.4 Å². The topological polar surface area (TPSA) is 91.9 Å². The third-order valence-corrected chi connectivity index (χ3v) is 5.92. The maximum absolute atomic E-state index is 14.1. The van der Waals surface area contributed by atoms with Crippen molar-refractivity contribution in [2.45, 2.75) is 19.0 Å². The fourth-order valence-corrected chi connectivity index (χ4v) is 4.09. The zero-order valence-corrected chi connectivity index (χ0v) is 20.3. The average molecular weight is 539 g/mol. The quantitative estimate of drug-likeness (QED) is 0.165. The zero-order chi connectivity index (χ0) is 27.6. The van der Waals surface area contributed by atoms with Crippen molar-refractivity contribution in [1.29, 1.82) is 0 Å². The Morgan fingerprint density at radius 3 is 2.28 bits per heavy atom. The van der Waals surface area contributed by atoms with Gasteiger partial charge in [-0.2, -0.15) is 13.2 Å². The standard InChI is InChI=1S/C28H22F4N4O3/c29-21-11-6-18(13-22(21)35-39-16-28(30,31)32)14-24-27(38)36-15-25(19-7-9-20(37)10-8-19)33-23(26(36)34-24)12-17-4-2-1-3-5-17/h1-11,13,15,35,37-38H,12,14,16H2. The number of aromatic nitrogens is 3. The SMILES string of the molecule is Oc1ccc(-c2cn3c(O)c(Cc4ccc(F)c(NOCC(F)(F)F)c4)nc3c(Cc3ccccc3)n2)cc1. The summed E-state index contributed by atoms with van der Waals surface area (Å²) in [5.74, 6) is -0.851. The minimum atomic E-state index is -4.58. The Morgan fingerprint density at radius 2 is 1.56 bits per heavy atom. The van der Waals surface area contributed by atoms with E-state index >= 15 is 0 Å². The average Bonchev–Trinajstić information content (AvgIpc) is 3.21. The largest absolute Gasteiger partial charge is 0.508 e. The van der Waals surface area contributed by atoms with Crippen LogP contribution in [0, 0.1) is 5.82 Å². The van der Waals surface area contributed by atoms with Gasteiger partial charge in [-0.3, -0.25) is 14.7 Å². The van der Waals surface area contributed by atoms with E-state index in [0.29, 0.717) is 34.6 Å². The van der Waals surface area contributed by atoms with Crippen molar-refractivity contribution in [1.82, 2.24) is 14.4 Å². The number of rotatable bonds is 8. The van der Waals surface area contributed by atoms with E-state index in [0.717, 1.165) is 11.6 Å². The van der Waals surface area contributed by atoms with E-state index in [4.69, 9.17) is 4.98 Å². The number of hydrogen-bond donors (Lipinski definition) is 3. The molecule has 2 heterocycles. The summed E-state index contributed by atoms with van der Waals surface area (Å²) in [4.78, 5) is 13.8. The first-order valence-corrected chi connectivity index (χ1v) is 11.8. The van der Waals surface area contributed by atoms with Crippen LogP contribution in [-0.2, 0) is 17.7 Å². The van der Waals surface area contributed by atoms with Crippen LogP contribution in [0.15, 0.2) is 79.0 Å². The summed E-state index contributed by atoms with van der Waals surface area (Å²) >= 11 is 0. The maximum Gasteiger partial charge on any atom is 0.414 e. The number of phenols is 1. The van der Waals surface area contributed by atoms with Crippen molar-refractivity contribution in [3.63, 3.8) is 0 Å². The van der Waals surface area contributed by atoms with Crippen LogP contribution < -0.4 is 5.48 Å². The molecule has 0 amide bonds. The number of imidazole rings is 1. The first-order valence-electron chi connectivity index (χ1n) is 11.8. The number of phenolic OH excluding ortho intramolecular Hbond substituents is 1. The molecule has 0 fully saturated rings. The van der Waals surface area contributed by atoms with Crippen LogP contribution in [-0.4, -0.2) is 37.4 Å². The van der Waals surface area contributed by atoms with Crippen LogP contribution in [0.5, 0.6) is 11.6 Å². The Hall–Kier alpha value is -4.64. The number of hydrogen-bond acceptors (Lipinski definition) is 6. The van der Waals surface area contributed by atoms with Gasteiger partial charge in [-0.1, -0.05) is 36.4 Å². The first-order chi connectivity index (χ1) is 18.7. The summed E-state index contributed by atoms with van der Waals surface area (Å²) < 4.78 is 52.8. The fraction of sp³-hybridized carbons (Fsp3) is 0.143. The minimum Gasteiger partial charge on any atom is -0.508 e. The molecular formula is C28H22F4N4O3. The molecule has 3 aromatic carbocycles. The van der Waals surface area contributed by atoms with E-state index in [1.54, 1.807) is 18.3 Å². The van der Waals surface area contributed by atoms with Gasteiger partial charge in [0.2, 0.25) is 5.88 Å². The van der Waals surface area contributed by atoms with Crippen molar-refractivity contribution in [3.8, 4) is 22.9 Å². The molecule has 0 saturated heterocycles. The smallest absolute Gasteiger partial charge is 0.414 e. The first kappa shape index (κ1) is 26.0. The lowest BCUT2D eigenvalue weighted by atomic mass is 10.1. The van der Waals surface area contributed by atoms with Crippen LogP contribution in [0.25, 0.3) is 16.9 Å². The van der Waals surface area contributed by atoms with Crippen molar-refractivity contribution in [2.75, 3.05) is 12.1 Å². The molecule has 0 unspecified atom stereocenters. The van der Waals surface area contributed by atoms with Crippen LogP contribution in [0.4, 0.5) is 23.2 Å². The number of benzene rings is 3. The fourth-order valence-electron chi connectivity index (χ4n) is 4.09. The monoisotopic (exact) mass is 538 g/mol. The molecule has 5 rings (SSSR count). The lowest BCUT2D eigenvalue weighted by Crippen LogP contribution is -2.19. The van der Waals surface area contributed by atoms with Gasteiger partial charge in [0.25, 0.3) is 0 Å². The van der Waals surface area contributed by atoms with Gasteiger partial charge in [-0.05, 0) is 47.5 Å². The number of anilines is 1. The van der Waals surface area contributed by atoms with E-state index < -0.39 is 18.6 Å². The molecule has 11 heteroatoms. The number of nitrogens with one attached hydrogen (secondary N) is 1. The van der Waals surface area contributed by atoms with Gasteiger partial charge < -0.3 is 10.2 Å². The maximum atomic E-state index is 14.1. The number of halogens is 4. The number of alkyl halides is 3. The number of fused-ring (bicyclic) bond motifs is 1. The Balaban J connectivity index is 1.51. The van der Waals surface area contributed by atoms with Gasteiger partial charge in [-0.25, -0.2) is 14.4 Å². The second-order valence-electron chi connectivity index (χ2n) is 8.85. The molecule has 7 nitrogen and oxygen atoms in total. The molecule has 0 aliphatic heterocycles. The molecule has 0 aliphatic carbocycles. The summed E-state index contributed by atoms with van der Waals surface area (Å²) in [7, 11) is 0. The molecule has 0 spiro atoms. The number of aromatic hydroxyl groups is 2. The molecule has 5 aromatic rings. The van der Waals surface area contributed by atoms with Gasteiger partial charge in [0.1, 0.15) is 17.3 Å². The molecule has 39 heavy (non-hydrogen) atoms. The predicted octanol–water partition coefficient (Wildman–Crippen LogP) is 6.03. The Kier molecular flexibility index (Phi) is 7.07. The number of nitrogens with zero attached hydrogens (tertiary/aromatic N) is 3. The predicted molar refractivity (Wildman–Crippen MR) is 136 cm³/mol. The molecule has 3 N–H and O–H groups in total. The second kappa shape index (κ2) is 10.6. The van der Waals surface area contributed by atoms with Crippen molar-refractivity contribution < 1.29 is 32.6 Å². The normalized spacial score (nSPS) is 11.7. The van der Waals surface area contributed by atoms with E-state index in [9.17, 15) is 27.8 Å².